The maximum atomic E-state index is 12.7. The van der Waals surface area contributed by atoms with Crippen molar-refractivity contribution in [2.45, 2.75) is 6.92 Å². The molecule has 8 heteroatoms. The van der Waals surface area contributed by atoms with Crippen molar-refractivity contribution in [3.05, 3.63) is 63.0 Å². The van der Waals surface area contributed by atoms with E-state index in [1.807, 2.05) is 12.1 Å². The number of nitrogens with zero attached hydrogens (tertiary/aromatic N) is 2. The summed E-state index contributed by atoms with van der Waals surface area (Å²) < 4.78 is 11.4. The highest BCUT2D eigenvalue weighted by molar-refractivity contribution is 9.10. The predicted octanol–water partition coefficient (Wildman–Crippen LogP) is 4.87. The molecule has 1 saturated heterocycles. The van der Waals surface area contributed by atoms with Crippen molar-refractivity contribution in [1.29, 1.82) is 0 Å². The fraction of sp³-hybridized carbons (Fsp3) is 0.174. The fourth-order valence-electron chi connectivity index (χ4n) is 2.67. The summed E-state index contributed by atoms with van der Waals surface area (Å²) in [6.07, 6.45) is 7.04. The van der Waals surface area contributed by atoms with Crippen molar-refractivity contribution in [3.8, 4) is 18.1 Å². The quantitative estimate of drug-likeness (QED) is 0.322. The molecule has 0 aromatic heterocycles. The summed E-state index contributed by atoms with van der Waals surface area (Å²) in [5.41, 5.74) is 1.80. The van der Waals surface area contributed by atoms with Crippen molar-refractivity contribution in [1.82, 2.24) is 4.90 Å². The summed E-state index contributed by atoms with van der Waals surface area (Å²) in [5.74, 6) is 2.47. The van der Waals surface area contributed by atoms with Crippen LogP contribution in [-0.2, 0) is 9.53 Å². The van der Waals surface area contributed by atoms with Crippen LogP contribution in [0.1, 0.15) is 22.8 Å². The third kappa shape index (κ3) is 5.57. The van der Waals surface area contributed by atoms with E-state index in [0.29, 0.717) is 33.7 Å². The van der Waals surface area contributed by atoms with E-state index in [1.54, 1.807) is 50.4 Å². The first-order chi connectivity index (χ1) is 14.9. The summed E-state index contributed by atoms with van der Waals surface area (Å²) in [6, 6.07) is 12.2. The van der Waals surface area contributed by atoms with Gasteiger partial charge in [0, 0.05) is 17.1 Å². The monoisotopic (exact) mass is 498 g/mol. The van der Waals surface area contributed by atoms with E-state index in [1.165, 1.54) is 16.7 Å². The van der Waals surface area contributed by atoms with Gasteiger partial charge in [-0.15, -0.1) is 6.42 Å². The van der Waals surface area contributed by atoms with Crippen molar-refractivity contribution >= 4 is 56.5 Å². The third-order valence-electron chi connectivity index (χ3n) is 4.18. The van der Waals surface area contributed by atoms with Crippen molar-refractivity contribution in [2.24, 2.45) is 4.99 Å². The van der Waals surface area contributed by atoms with Gasteiger partial charge in [0.25, 0.3) is 5.91 Å². The van der Waals surface area contributed by atoms with Gasteiger partial charge >= 0.3 is 5.97 Å². The Hall–Kier alpha value is -3.02. The summed E-state index contributed by atoms with van der Waals surface area (Å²) in [5, 5.41) is 0.529. The molecule has 1 aliphatic rings. The molecule has 0 atom stereocenters. The maximum Gasteiger partial charge on any atom is 0.338 e. The number of esters is 1. The van der Waals surface area contributed by atoms with E-state index in [4.69, 9.17) is 15.9 Å². The summed E-state index contributed by atoms with van der Waals surface area (Å²) in [7, 11) is 1.67. The van der Waals surface area contributed by atoms with Crippen LogP contribution in [-0.4, -0.2) is 42.2 Å². The molecule has 3 rings (SSSR count). The van der Waals surface area contributed by atoms with Crippen LogP contribution in [0.15, 0.2) is 56.8 Å². The van der Waals surface area contributed by atoms with Gasteiger partial charge in [0.1, 0.15) is 12.4 Å². The predicted molar refractivity (Wildman–Crippen MR) is 126 cm³/mol. The number of benzene rings is 2. The third-order valence-corrected chi connectivity index (χ3v) is 5.73. The Kier molecular flexibility index (Phi) is 7.55. The van der Waals surface area contributed by atoms with Crippen molar-refractivity contribution in [2.75, 3.05) is 20.3 Å². The molecule has 0 bridgehead atoms. The number of amides is 1. The van der Waals surface area contributed by atoms with Gasteiger partial charge in [0.15, 0.2) is 5.17 Å². The molecule has 31 heavy (non-hydrogen) atoms. The summed E-state index contributed by atoms with van der Waals surface area (Å²) >= 11 is 4.70. The van der Waals surface area contributed by atoms with Crippen LogP contribution in [0.4, 0.5) is 5.69 Å². The maximum absolute atomic E-state index is 12.7. The van der Waals surface area contributed by atoms with Gasteiger partial charge in [-0.1, -0.05) is 21.9 Å². The smallest absolute Gasteiger partial charge is 0.338 e. The molecule has 1 amide bonds. The number of halogens is 1. The largest absolute Gasteiger partial charge is 0.480 e. The highest BCUT2D eigenvalue weighted by Crippen LogP contribution is 2.35. The average Bonchev–Trinajstić information content (AvgIpc) is 3.01. The molecule has 0 unspecified atom stereocenters. The molecule has 1 fully saturated rings. The number of carbonyl (C=O) groups is 2. The molecule has 0 aliphatic carbocycles. The van der Waals surface area contributed by atoms with Gasteiger partial charge < -0.3 is 9.47 Å². The second kappa shape index (κ2) is 10.3. The first-order valence-corrected chi connectivity index (χ1v) is 10.9. The van der Waals surface area contributed by atoms with Crippen molar-refractivity contribution in [3.63, 3.8) is 0 Å². The molecular weight excluding hydrogens is 480 g/mol. The van der Waals surface area contributed by atoms with Crippen LogP contribution in [0.3, 0.4) is 0 Å². The lowest BCUT2D eigenvalue weighted by molar-refractivity contribution is -0.121. The molecule has 6 nitrogen and oxygen atoms in total. The number of ether oxygens (including phenoxy) is 2. The van der Waals surface area contributed by atoms with E-state index in [0.717, 1.165) is 10.0 Å². The minimum atomic E-state index is -0.383. The summed E-state index contributed by atoms with van der Waals surface area (Å²) in [6.45, 7) is 2.20. The molecule has 2 aromatic rings. The standard InChI is InChI=1S/C23H19BrN2O4S/c1-4-12-30-19-11-8-17(24)13-16(19)14-20-21(27)26(3)23(31-20)25-18-9-6-15(7-10-18)22(28)29-5-2/h1,6-11,13-14H,5,12H2,2-3H3. The number of rotatable bonds is 6. The fourth-order valence-corrected chi connectivity index (χ4v) is 4.03. The topological polar surface area (TPSA) is 68.2 Å². The van der Waals surface area contributed by atoms with Gasteiger partial charge in [0.2, 0.25) is 0 Å². The normalized spacial score (nSPS) is 15.9. The first-order valence-electron chi connectivity index (χ1n) is 9.32. The van der Waals surface area contributed by atoms with Gasteiger partial charge in [-0.3, -0.25) is 9.69 Å². The minimum Gasteiger partial charge on any atom is -0.480 e. The average molecular weight is 499 g/mol. The lowest BCUT2D eigenvalue weighted by Crippen LogP contribution is -2.23. The Labute approximate surface area is 193 Å². The van der Waals surface area contributed by atoms with Gasteiger partial charge in [-0.05, 0) is 67.2 Å². The van der Waals surface area contributed by atoms with E-state index < -0.39 is 0 Å². The number of aliphatic imine (C=N–C) groups is 1. The first kappa shape index (κ1) is 22.7. The molecule has 158 valence electrons. The highest BCUT2D eigenvalue weighted by atomic mass is 79.9. The zero-order valence-corrected chi connectivity index (χ0v) is 19.3. The Morgan fingerprint density at radius 2 is 2.03 bits per heavy atom. The lowest BCUT2D eigenvalue weighted by Gasteiger charge is -2.08. The van der Waals surface area contributed by atoms with Gasteiger partial charge in [-0.2, -0.15) is 0 Å². The second-order valence-electron chi connectivity index (χ2n) is 6.31. The van der Waals surface area contributed by atoms with E-state index >= 15 is 0 Å². The molecule has 2 aromatic carbocycles. The van der Waals surface area contributed by atoms with Gasteiger partial charge in [-0.25, -0.2) is 9.79 Å². The molecular formula is C23H19BrN2O4S. The summed E-state index contributed by atoms with van der Waals surface area (Å²) in [4.78, 5) is 31.1. The number of amidine groups is 1. The van der Waals surface area contributed by atoms with E-state index in [-0.39, 0.29) is 18.5 Å². The SMILES string of the molecule is C#CCOc1ccc(Br)cc1C=C1SC(=Nc2ccc(C(=O)OCC)cc2)N(C)C1=O. The van der Waals surface area contributed by atoms with Crippen LogP contribution < -0.4 is 4.74 Å². The zero-order chi connectivity index (χ0) is 22.4. The van der Waals surface area contributed by atoms with Crippen molar-refractivity contribution < 1.29 is 19.1 Å². The second-order valence-corrected chi connectivity index (χ2v) is 8.24. The molecule has 0 saturated carbocycles. The highest BCUT2D eigenvalue weighted by Gasteiger charge is 2.30. The Balaban J connectivity index is 1.85. The van der Waals surface area contributed by atoms with Crippen LogP contribution in [0.25, 0.3) is 6.08 Å². The number of likely N-dealkylation sites (N-methyl/N-ethyl adjacent to an activating group) is 1. The molecule has 1 heterocycles. The number of carbonyl (C=O) groups excluding carboxylic acids is 2. The molecule has 0 N–H and O–H groups in total. The minimum absolute atomic E-state index is 0.132. The number of thioether (sulfide) groups is 1. The number of hydrogen-bond donors (Lipinski definition) is 0. The van der Waals surface area contributed by atoms with Crippen LogP contribution in [0.2, 0.25) is 0 Å². The van der Waals surface area contributed by atoms with Crippen LogP contribution in [0.5, 0.6) is 5.75 Å². The zero-order valence-electron chi connectivity index (χ0n) is 16.9. The van der Waals surface area contributed by atoms with Crippen LogP contribution >= 0.6 is 27.7 Å². The Bertz CT molecular complexity index is 1100. The molecule has 0 spiro atoms. The van der Waals surface area contributed by atoms with E-state index in [9.17, 15) is 9.59 Å². The molecule has 0 radical (unpaired) electrons. The number of hydrogen-bond acceptors (Lipinski definition) is 6. The van der Waals surface area contributed by atoms with E-state index in [2.05, 4.69) is 26.8 Å². The van der Waals surface area contributed by atoms with Gasteiger partial charge in [0.05, 0.1) is 22.8 Å². The Morgan fingerprint density at radius 3 is 2.71 bits per heavy atom. The Morgan fingerprint density at radius 1 is 1.29 bits per heavy atom. The van der Waals surface area contributed by atoms with Crippen LogP contribution in [0, 0.1) is 12.3 Å². The number of terminal acetylenes is 1. The lowest BCUT2D eigenvalue weighted by atomic mass is 10.2. The molecule has 1 aliphatic heterocycles.